The molecule has 0 aliphatic heterocycles. The molecule has 0 fully saturated rings. The number of aromatic nitrogens is 1. The van der Waals surface area contributed by atoms with Crippen molar-refractivity contribution in [3.8, 4) is 0 Å². The Labute approximate surface area is 110 Å². The van der Waals surface area contributed by atoms with Crippen molar-refractivity contribution in [3.05, 3.63) is 24.0 Å². The van der Waals surface area contributed by atoms with Crippen molar-refractivity contribution < 1.29 is 9.00 Å². The highest BCUT2D eigenvalue weighted by atomic mass is 32.2. The molecule has 1 rings (SSSR count). The van der Waals surface area contributed by atoms with Gasteiger partial charge in [-0.25, -0.2) is 4.98 Å². The van der Waals surface area contributed by atoms with Crippen LogP contribution < -0.4 is 10.6 Å². The molecule has 0 bridgehead atoms. The van der Waals surface area contributed by atoms with Gasteiger partial charge in [-0.05, 0) is 18.6 Å². The van der Waals surface area contributed by atoms with Crippen molar-refractivity contribution in [1.82, 2.24) is 10.3 Å². The third-order valence-electron chi connectivity index (χ3n) is 2.25. The van der Waals surface area contributed by atoms with E-state index in [9.17, 15) is 9.00 Å². The normalized spacial score (nSPS) is 11.9. The van der Waals surface area contributed by atoms with Gasteiger partial charge in [-0.2, -0.15) is 0 Å². The quantitative estimate of drug-likeness (QED) is 0.775. The second kappa shape index (κ2) is 7.81. The number of pyridine rings is 1. The SMILES string of the molecule is CCCNc1ccc(C(=O)NCCS(C)=O)nc1. The summed E-state index contributed by atoms with van der Waals surface area (Å²) in [6.07, 6.45) is 4.29. The number of anilines is 1. The van der Waals surface area contributed by atoms with Crippen LogP contribution in [0.15, 0.2) is 18.3 Å². The summed E-state index contributed by atoms with van der Waals surface area (Å²) in [4.78, 5) is 15.7. The minimum absolute atomic E-state index is 0.234. The fraction of sp³-hybridized carbons (Fsp3) is 0.500. The molecule has 6 heteroatoms. The topological polar surface area (TPSA) is 71.1 Å². The second-order valence-corrected chi connectivity index (χ2v) is 5.45. The molecule has 2 N–H and O–H groups in total. The number of hydrogen-bond acceptors (Lipinski definition) is 4. The first-order chi connectivity index (χ1) is 8.63. The molecule has 0 aliphatic carbocycles. The van der Waals surface area contributed by atoms with Crippen LogP contribution in [0.4, 0.5) is 5.69 Å². The average molecular weight is 269 g/mol. The van der Waals surface area contributed by atoms with Crippen LogP contribution in [0.25, 0.3) is 0 Å². The number of nitrogens with one attached hydrogen (secondary N) is 2. The van der Waals surface area contributed by atoms with Crippen molar-refractivity contribution >= 4 is 22.4 Å². The van der Waals surface area contributed by atoms with Crippen molar-refractivity contribution in [2.24, 2.45) is 0 Å². The molecule has 0 spiro atoms. The van der Waals surface area contributed by atoms with Crippen LogP contribution >= 0.6 is 0 Å². The van der Waals surface area contributed by atoms with Gasteiger partial charge < -0.3 is 10.6 Å². The van der Waals surface area contributed by atoms with Crippen molar-refractivity contribution in [2.75, 3.05) is 30.4 Å². The average Bonchev–Trinajstić information content (AvgIpc) is 2.36. The fourth-order valence-electron chi connectivity index (χ4n) is 1.30. The van der Waals surface area contributed by atoms with Gasteiger partial charge in [0.15, 0.2) is 0 Å². The molecule has 100 valence electrons. The molecular weight excluding hydrogens is 250 g/mol. The zero-order valence-corrected chi connectivity index (χ0v) is 11.5. The smallest absolute Gasteiger partial charge is 0.269 e. The lowest BCUT2D eigenvalue weighted by atomic mass is 10.3. The van der Waals surface area contributed by atoms with E-state index in [0.29, 0.717) is 18.0 Å². The van der Waals surface area contributed by atoms with E-state index in [1.165, 1.54) is 0 Å². The van der Waals surface area contributed by atoms with E-state index in [2.05, 4.69) is 22.5 Å². The Balaban J connectivity index is 2.46. The van der Waals surface area contributed by atoms with Gasteiger partial charge in [-0.1, -0.05) is 6.92 Å². The second-order valence-electron chi connectivity index (χ2n) is 3.89. The van der Waals surface area contributed by atoms with Gasteiger partial charge in [0, 0.05) is 35.9 Å². The summed E-state index contributed by atoms with van der Waals surface area (Å²) >= 11 is 0. The Morgan fingerprint density at radius 2 is 2.17 bits per heavy atom. The Kier molecular flexibility index (Phi) is 6.35. The maximum Gasteiger partial charge on any atom is 0.269 e. The zero-order chi connectivity index (χ0) is 13.4. The van der Waals surface area contributed by atoms with Gasteiger partial charge in [0.05, 0.1) is 11.9 Å². The van der Waals surface area contributed by atoms with Gasteiger partial charge in [0.2, 0.25) is 0 Å². The first kappa shape index (κ1) is 14.6. The first-order valence-corrected chi connectivity index (χ1v) is 7.64. The largest absolute Gasteiger partial charge is 0.384 e. The Hall–Kier alpha value is -1.43. The molecule has 0 saturated carbocycles. The Morgan fingerprint density at radius 3 is 2.72 bits per heavy atom. The molecular formula is C12H19N3O2S. The van der Waals surface area contributed by atoms with Crippen LogP contribution in [-0.4, -0.2) is 40.2 Å². The summed E-state index contributed by atoms with van der Waals surface area (Å²) in [5, 5.41) is 5.86. The highest BCUT2D eigenvalue weighted by Gasteiger charge is 2.06. The number of nitrogens with zero attached hydrogens (tertiary/aromatic N) is 1. The Bertz CT molecular complexity index is 406. The van der Waals surface area contributed by atoms with Crippen LogP contribution in [0, 0.1) is 0 Å². The maximum absolute atomic E-state index is 11.7. The summed E-state index contributed by atoms with van der Waals surface area (Å²) in [7, 11) is -0.891. The molecule has 0 saturated heterocycles. The van der Waals surface area contributed by atoms with E-state index in [4.69, 9.17) is 0 Å². The molecule has 18 heavy (non-hydrogen) atoms. The standard InChI is InChI=1S/C12H19N3O2S/c1-3-6-13-10-4-5-11(15-9-10)12(16)14-7-8-18(2)17/h4-5,9,13H,3,6-8H2,1-2H3,(H,14,16). The molecule has 1 aromatic heterocycles. The minimum Gasteiger partial charge on any atom is -0.384 e. The van der Waals surface area contributed by atoms with Gasteiger partial charge >= 0.3 is 0 Å². The monoisotopic (exact) mass is 269 g/mol. The van der Waals surface area contributed by atoms with E-state index < -0.39 is 10.8 Å². The minimum atomic E-state index is -0.891. The van der Waals surface area contributed by atoms with Crippen molar-refractivity contribution in [2.45, 2.75) is 13.3 Å². The lowest BCUT2D eigenvalue weighted by Crippen LogP contribution is -2.28. The molecule has 1 heterocycles. The third-order valence-corrected chi connectivity index (χ3v) is 3.03. The third kappa shape index (κ3) is 5.27. The summed E-state index contributed by atoms with van der Waals surface area (Å²) in [5.41, 5.74) is 1.28. The van der Waals surface area contributed by atoms with Crippen LogP contribution in [0.3, 0.4) is 0 Å². The number of rotatable bonds is 7. The lowest BCUT2D eigenvalue weighted by Gasteiger charge is -2.06. The predicted octanol–water partition coefficient (Wildman–Crippen LogP) is 1.01. The van der Waals surface area contributed by atoms with Crippen LogP contribution in [0.5, 0.6) is 0 Å². The van der Waals surface area contributed by atoms with Gasteiger partial charge in [0.25, 0.3) is 5.91 Å². The molecule has 1 unspecified atom stereocenters. The summed E-state index contributed by atoms with van der Waals surface area (Å²) < 4.78 is 10.8. The highest BCUT2D eigenvalue weighted by Crippen LogP contribution is 2.05. The molecule has 1 amide bonds. The van der Waals surface area contributed by atoms with E-state index in [-0.39, 0.29) is 5.91 Å². The zero-order valence-electron chi connectivity index (χ0n) is 10.7. The highest BCUT2D eigenvalue weighted by molar-refractivity contribution is 7.84. The van der Waals surface area contributed by atoms with Crippen molar-refractivity contribution in [1.29, 1.82) is 0 Å². The van der Waals surface area contributed by atoms with Gasteiger partial charge in [-0.15, -0.1) is 0 Å². The van der Waals surface area contributed by atoms with Gasteiger partial charge in [0.1, 0.15) is 5.69 Å². The van der Waals surface area contributed by atoms with Crippen LogP contribution in [0.2, 0.25) is 0 Å². The van der Waals surface area contributed by atoms with E-state index >= 15 is 0 Å². The Morgan fingerprint density at radius 1 is 1.39 bits per heavy atom. The maximum atomic E-state index is 11.7. The van der Waals surface area contributed by atoms with E-state index in [1.807, 2.05) is 6.07 Å². The number of amides is 1. The summed E-state index contributed by atoms with van der Waals surface area (Å²) in [6.45, 7) is 3.37. The molecule has 5 nitrogen and oxygen atoms in total. The van der Waals surface area contributed by atoms with Crippen LogP contribution in [-0.2, 0) is 10.8 Å². The number of carbonyl (C=O) groups excluding carboxylic acids is 1. The molecule has 0 aliphatic rings. The molecule has 0 radical (unpaired) electrons. The van der Waals surface area contributed by atoms with E-state index in [0.717, 1.165) is 18.7 Å². The first-order valence-electron chi connectivity index (χ1n) is 5.91. The molecule has 1 atom stereocenters. The van der Waals surface area contributed by atoms with E-state index in [1.54, 1.807) is 18.5 Å². The lowest BCUT2D eigenvalue weighted by molar-refractivity contribution is 0.0951. The van der Waals surface area contributed by atoms with Gasteiger partial charge in [-0.3, -0.25) is 9.00 Å². The van der Waals surface area contributed by atoms with Crippen molar-refractivity contribution in [3.63, 3.8) is 0 Å². The molecule has 1 aromatic rings. The number of carbonyl (C=O) groups is 1. The summed E-state index contributed by atoms with van der Waals surface area (Å²) in [5.74, 6) is 0.226. The molecule has 0 aromatic carbocycles. The number of hydrogen-bond donors (Lipinski definition) is 2. The summed E-state index contributed by atoms with van der Waals surface area (Å²) in [6, 6.07) is 3.51. The van der Waals surface area contributed by atoms with Crippen LogP contribution in [0.1, 0.15) is 23.8 Å². The predicted molar refractivity (Wildman–Crippen MR) is 74.3 cm³/mol. The fourth-order valence-corrected chi connectivity index (χ4v) is 1.69.